The molecule has 0 atom stereocenters. The molecule has 1 N–H and O–H groups in total. The molecule has 0 fully saturated rings. The van der Waals surface area contributed by atoms with Gasteiger partial charge in [-0.05, 0) is 94.0 Å². The fourth-order valence-electron chi connectivity index (χ4n) is 4.14. The van der Waals surface area contributed by atoms with Gasteiger partial charge in [0.1, 0.15) is 0 Å². The van der Waals surface area contributed by atoms with Gasteiger partial charge in [0, 0.05) is 34.4 Å². The first-order chi connectivity index (χ1) is 15.5. The number of aromatic nitrogens is 1. The van der Waals surface area contributed by atoms with Crippen LogP contribution in [-0.2, 0) is 13.0 Å². The molecule has 3 aromatic carbocycles. The highest BCUT2D eigenvalue weighted by atomic mass is 16.1. The second kappa shape index (κ2) is 9.84. The standard InChI is InChI=1S/C28H31N3O/c1-21-18-25-20-23(12-15-27(25)31(21)17-7-16-30(2)3)19-22-10-13-24(14-11-22)28(32)29-26-8-5-4-6-9-26/h4-6,8-15,18,20H,7,16-17,19H2,1-3H3,(H,29,32). The molecular formula is C28H31N3O. The lowest BCUT2D eigenvalue weighted by molar-refractivity contribution is 0.102. The van der Waals surface area contributed by atoms with E-state index in [0.717, 1.165) is 31.6 Å². The second-order valence-corrected chi connectivity index (χ2v) is 8.68. The minimum absolute atomic E-state index is 0.0877. The largest absolute Gasteiger partial charge is 0.345 e. The summed E-state index contributed by atoms with van der Waals surface area (Å²) >= 11 is 0. The van der Waals surface area contributed by atoms with Crippen molar-refractivity contribution in [1.29, 1.82) is 0 Å². The summed E-state index contributed by atoms with van der Waals surface area (Å²) < 4.78 is 2.42. The van der Waals surface area contributed by atoms with Gasteiger partial charge in [-0.25, -0.2) is 0 Å². The van der Waals surface area contributed by atoms with Crippen LogP contribution in [0.5, 0.6) is 0 Å². The first-order valence-electron chi connectivity index (χ1n) is 11.2. The molecule has 4 rings (SSSR count). The van der Waals surface area contributed by atoms with Crippen LogP contribution in [-0.4, -0.2) is 36.0 Å². The van der Waals surface area contributed by atoms with Gasteiger partial charge in [0.25, 0.3) is 5.91 Å². The minimum atomic E-state index is -0.0877. The third-order valence-corrected chi connectivity index (χ3v) is 5.82. The molecule has 4 nitrogen and oxygen atoms in total. The lowest BCUT2D eigenvalue weighted by Crippen LogP contribution is -2.15. The van der Waals surface area contributed by atoms with Gasteiger partial charge in [-0.3, -0.25) is 4.79 Å². The van der Waals surface area contributed by atoms with Gasteiger partial charge in [-0.15, -0.1) is 0 Å². The van der Waals surface area contributed by atoms with Crippen molar-refractivity contribution in [3.63, 3.8) is 0 Å². The molecule has 0 aliphatic carbocycles. The zero-order chi connectivity index (χ0) is 22.5. The molecule has 0 aliphatic heterocycles. The Hall–Kier alpha value is -3.37. The molecule has 32 heavy (non-hydrogen) atoms. The van der Waals surface area contributed by atoms with E-state index in [1.54, 1.807) is 0 Å². The molecule has 0 radical (unpaired) electrons. The Labute approximate surface area is 190 Å². The van der Waals surface area contributed by atoms with Crippen LogP contribution in [0.1, 0.15) is 33.6 Å². The molecule has 0 bridgehead atoms. The van der Waals surface area contributed by atoms with Gasteiger partial charge in [-0.2, -0.15) is 0 Å². The lowest BCUT2D eigenvalue weighted by Gasteiger charge is -2.12. The maximum absolute atomic E-state index is 12.5. The van der Waals surface area contributed by atoms with Crippen molar-refractivity contribution in [2.45, 2.75) is 26.3 Å². The summed E-state index contributed by atoms with van der Waals surface area (Å²) in [5.74, 6) is -0.0877. The molecular weight excluding hydrogens is 394 g/mol. The fourth-order valence-corrected chi connectivity index (χ4v) is 4.14. The molecule has 1 heterocycles. The predicted molar refractivity (Wildman–Crippen MR) is 133 cm³/mol. The van der Waals surface area contributed by atoms with Gasteiger partial charge >= 0.3 is 0 Å². The average Bonchev–Trinajstić information content (AvgIpc) is 3.09. The number of hydrogen-bond acceptors (Lipinski definition) is 2. The second-order valence-electron chi connectivity index (χ2n) is 8.68. The maximum Gasteiger partial charge on any atom is 0.255 e. The first-order valence-corrected chi connectivity index (χ1v) is 11.2. The van der Waals surface area contributed by atoms with Crippen molar-refractivity contribution in [2.24, 2.45) is 0 Å². The Morgan fingerprint density at radius 2 is 1.62 bits per heavy atom. The molecule has 0 aliphatic rings. The van der Waals surface area contributed by atoms with E-state index < -0.39 is 0 Å². The van der Waals surface area contributed by atoms with Crippen molar-refractivity contribution in [3.8, 4) is 0 Å². The summed E-state index contributed by atoms with van der Waals surface area (Å²) in [5, 5.41) is 4.23. The smallest absolute Gasteiger partial charge is 0.255 e. The molecule has 4 aromatic rings. The van der Waals surface area contributed by atoms with Crippen LogP contribution in [0.15, 0.2) is 78.9 Å². The Balaban J connectivity index is 1.43. The summed E-state index contributed by atoms with van der Waals surface area (Å²) in [6.07, 6.45) is 1.99. The van der Waals surface area contributed by atoms with Crippen molar-refractivity contribution < 1.29 is 4.79 Å². The van der Waals surface area contributed by atoms with Crippen molar-refractivity contribution >= 4 is 22.5 Å². The third-order valence-electron chi connectivity index (χ3n) is 5.82. The molecule has 4 heteroatoms. The fraction of sp³-hybridized carbons (Fsp3) is 0.250. The number of hydrogen-bond donors (Lipinski definition) is 1. The predicted octanol–water partition coefficient (Wildman–Crippen LogP) is 5.74. The molecule has 0 saturated heterocycles. The van der Waals surface area contributed by atoms with Gasteiger partial charge in [0.05, 0.1) is 0 Å². The summed E-state index contributed by atoms with van der Waals surface area (Å²) in [4.78, 5) is 14.7. The van der Waals surface area contributed by atoms with Crippen LogP contribution in [0.3, 0.4) is 0 Å². The molecule has 0 saturated carbocycles. The molecule has 0 unspecified atom stereocenters. The zero-order valence-corrected chi connectivity index (χ0v) is 19.1. The van der Waals surface area contributed by atoms with E-state index in [4.69, 9.17) is 0 Å². The van der Waals surface area contributed by atoms with Crippen LogP contribution in [0.25, 0.3) is 10.9 Å². The number of para-hydroxylation sites is 1. The van der Waals surface area contributed by atoms with Gasteiger partial charge in [0.15, 0.2) is 0 Å². The van der Waals surface area contributed by atoms with Gasteiger partial charge in [0.2, 0.25) is 0 Å². The average molecular weight is 426 g/mol. The molecule has 0 spiro atoms. The molecule has 1 amide bonds. The lowest BCUT2D eigenvalue weighted by atomic mass is 10.0. The van der Waals surface area contributed by atoms with Crippen molar-refractivity contribution in [2.75, 3.05) is 26.0 Å². The highest BCUT2D eigenvalue weighted by Crippen LogP contribution is 2.23. The Kier molecular flexibility index (Phi) is 6.72. The number of amides is 1. The minimum Gasteiger partial charge on any atom is -0.345 e. The van der Waals surface area contributed by atoms with E-state index in [2.05, 4.69) is 60.1 Å². The van der Waals surface area contributed by atoms with E-state index in [9.17, 15) is 4.79 Å². The number of nitrogens with one attached hydrogen (secondary N) is 1. The summed E-state index contributed by atoms with van der Waals surface area (Å²) in [6.45, 7) is 4.32. The van der Waals surface area contributed by atoms with Crippen LogP contribution >= 0.6 is 0 Å². The SMILES string of the molecule is Cc1cc2cc(Cc3ccc(C(=O)Nc4ccccc4)cc3)ccc2n1CCCN(C)C. The van der Waals surface area contributed by atoms with Crippen LogP contribution in [0.4, 0.5) is 5.69 Å². The number of nitrogens with zero attached hydrogens (tertiary/aromatic N) is 2. The van der Waals surface area contributed by atoms with Crippen LogP contribution in [0, 0.1) is 6.92 Å². The van der Waals surface area contributed by atoms with E-state index in [1.807, 2.05) is 54.6 Å². The molecule has 164 valence electrons. The van der Waals surface area contributed by atoms with E-state index in [0.29, 0.717) is 5.56 Å². The Bertz CT molecular complexity index is 1190. The van der Waals surface area contributed by atoms with Crippen LogP contribution in [0.2, 0.25) is 0 Å². The van der Waals surface area contributed by atoms with E-state index in [1.165, 1.54) is 27.7 Å². The summed E-state index contributed by atoms with van der Waals surface area (Å²) in [7, 11) is 4.24. The quantitative estimate of drug-likeness (QED) is 0.391. The van der Waals surface area contributed by atoms with E-state index in [-0.39, 0.29) is 5.91 Å². The van der Waals surface area contributed by atoms with Gasteiger partial charge in [-0.1, -0.05) is 36.4 Å². The number of aryl methyl sites for hydroxylation is 2. The third kappa shape index (κ3) is 5.27. The highest BCUT2D eigenvalue weighted by molar-refractivity contribution is 6.04. The summed E-state index contributed by atoms with van der Waals surface area (Å²) in [6, 6.07) is 26.5. The van der Waals surface area contributed by atoms with Crippen molar-refractivity contribution in [3.05, 3.63) is 101 Å². The van der Waals surface area contributed by atoms with Crippen molar-refractivity contribution in [1.82, 2.24) is 9.47 Å². The zero-order valence-electron chi connectivity index (χ0n) is 19.1. The number of benzene rings is 3. The Morgan fingerprint density at radius 1 is 0.906 bits per heavy atom. The monoisotopic (exact) mass is 425 g/mol. The number of anilines is 1. The number of carbonyl (C=O) groups excluding carboxylic acids is 1. The summed E-state index contributed by atoms with van der Waals surface area (Å²) in [5.41, 5.74) is 6.56. The van der Waals surface area contributed by atoms with Gasteiger partial charge < -0.3 is 14.8 Å². The Morgan fingerprint density at radius 3 is 2.34 bits per heavy atom. The highest BCUT2D eigenvalue weighted by Gasteiger charge is 2.09. The number of rotatable bonds is 8. The van der Waals surface area contributed by atoms with E-state index >= 15 is 0 Å². The maximum atomic E-state index is 12.5. The topological polar surface area (TPSA) is 37.3 Å². The first kappa shape index (κ1) is 21.8. The number of carbonyl (C=O) groups is 1. The molecule has 1 aromatic heterocycles. The number of fused-ring (bicyclic) bond motifs is 1. The van der Waals surface area contributed by atoms with Crippen LogP contribution < -0.4 is 5.32 Å². The normalized spacial score (nSPS) is 11.2.